The van der Waals surface area contributed by atoms with Crippen molar-refractivity contribution in [3.8, 4) is 0 Å². The maximum Gasteiger partial charge on any atom is 0.193 e. The number of ether oxygens (including phenoxy) is 1. The zero-order valence-corrected chi connectivity index (χ0v) is 12.8. The van der Waals surface area contributed by atoms with Crippen LogP contribution in [-0.4, -0.2) is 44.2 Å². The van der Waals surface area contributed by atoms with Crippen molar-refractivity contribution in [3.05, 3.63) is 35.6 Å². The van der Waals surface area contributed by atoms with Crippen LogP contribution in [0.15, 0.2) is 29.3 Å². The molecule has 0 amide bonds. The maximum absolute atomic E-state index is 13.2. The van der Waals surface area contributed by atoms with E-state index < -0.39 is 0 Å². The average molecular weight is 293 g/mol. The van der Waals surface area contributed by atoms with Crippen molar-refractivity contribution >= 4 is 5.96 Å². The predicted molar refractivity (Wildman–Crippen MR) is 82.8 cm³/mol. The Balaban J connectivity index is 1.97. The SMILES string of the molecule is CCNC(=NCc1cccc(F)c1)N(C)CC1CCOC1. The molecule has 0 bridgehead atoms. The topological polar surface area (TPSA) is 36.9 Å². The smallest absolute Gasteiger partial charge is 0.193 e. The van der Waals surface area contributed by atoms with E-state index in [1.165, 1.54) is 12.1 Å². The third-order valence-electron chi connectivity index (χ3n) is 3.55. The first-order chi connectivity index (χ1) is 10.2. The molecule has 1 aromatic carbocycles. The summed E-state index contributed by atoms with van der Waals surface area (Å²) in [7, 11) is 2.03. The second-order valence-electron chi connectivity index (χ2n) is 5.41. The highest BCUT2D eigenvalue weighted by molar-refractivity contribution is 5.79. The molecular weight excluding hydrogens is 269 g/mol. The summed E-state index contributed by atoms with van der Waals surface area (Å²) in [4.78, 5) is 6.72. The lowest BCUT2D eigenvalue weighted by Gasteiger charge is -2.24. The Hall–Kier alpha value is -1.62. The molecule has 1 aromatic rings. The van der Waals surface area contributed by atoms with Gasteiger partial charge in [0, 0.05) is 32.7 Å². The Kier molecular flexibility index (Phi) is 5.99. The minimum absolute atomic E-state index is 0.218. The molecule has 1 heterocycles. The monoisotopic (exact) mass is 293 g/mol. The van der Waals surface area contributed by atoms with Gasteiger partial charge in [-0.3, -0.25) is 0 Å². The van der Waals surface area contributed by atoms with Gasteiger partial charge in [0.25, 0.3) is 0 Å². The quantitative estimate of drug-likeness (QED) is 0.668. The van der Waals surface area contributed by atoms with Crippen LogP contribution in [-0.2, 0) is 11.3 Å². The molecule has 0 aromatic heterocycles. The Morgan fingerprint density at radius 2 is 2.38 bits per heavy atom. The van der Waals surface area contributed by atoms with E-state index >= 15 is 0 Å². The van der Waals surface area contributed by atoms with Gasteiger partial charge in [0.15, 0.2) is 5.96 Å². The number of hydrogen-bond acceptors (Lipinski definition) is 2. The third kappa shape index (κ3) is 5.01. The molecule has 116 valence electrons. The maximum atomic E-state index is 13.2. The molecule has 1 aliphatic rings. The molecule has 4 nitrogen and oxygen atoms in total. The molecule has 0 radical (unpaired) electrons. The highest BCUT2D eigenvalue weighted by atomic mass is 19.1. The van der Waals surface area contributed by atoms with E-state index in [4.69, 9.17) is 4.74 Å². The lowest BCUT2D eigenvalue weighted by molar-refractivity contribution is 0.181. The number of rotatable bonds is 5. The summed E-state index contributed by atoms with van der Waals surface area (Å²) >= 11 is 0. The van der Waals surface area contributed by atoms with E-state index in [0.29, 0.717) is 12.5 Å². The molecule has 1 atom stereocenters. The van der Waals surface area contributed by atoms with Crippen molar-refractivity contribution in [2.24, 2.45) is 10.9 Å². The normalized spacial score (nSPS) is 18.8. The molecule has 0 aliphatic carbocycles. The number of guanidine groups is 1. The molecule has 1 fully saturated rings. The van der Waals surface area contributed by atoms with Gasteiger partial charge in [0.05, 0.1) is 13.2 Å². The van der Waals surface area contributed by atoms with Gasteiger partial charge in [-0.05, 0) is 31.0 Å². The van der Waals surface area contributed by atoms with E-state index in [0.717, 1.165) is 44.2 Å². The van der Waals surface area contributed by atoms with E-state index in [2.05, 4.69) is 15.2 Å². The average Bonchev–Trinajstić information content (AvgIpc) is 2.96. The minimum atomic E-state index is -0.218. The summed E-state index contributed by atoms with van der Waals surface area (Å²) in [5.74, 6) is 1.20. The highest BCUT2D eigenvalue weighted by Crippen LogP contribution is 2.13. The molecular formula is C16H24FN3O. The van der Waals surface area contributed by atoms with Gasteiger partial charge in [-0.25, -0.2) is 9.38 Å². The van der Waals surface area contributed by atoms with Crippen LogP contribution in [0.3, 0.4) is 0 Å². The summed E-state index contributed by atoms with van der Waals surface area (Å²) < 4.78 is 18.6. The second-order valence-corrected chi connectivity index (χ2v) is 5.41. The zero-order chi connectivity index (χ0) is 15.1. The van der Waals surface area contributed by atoms with E-state index in [1.807, 2.05) is 20.0 Å². The van der Waals surface area contributed by atoms with Gasteiger partial charge in [-0.15, -0.1) is 0 Å². The van der Waals surface area contributed by atoms with Crippen LogP contribution in [0.2, 0.25) is 0 Å². The summed E-state index contributed by atoms with van der Waals surface area (Å²) in [6, 6.07) is 6.58. The molecule has 1 aliphatic heterocycles. The molecule has 1 unspecified atom stereocenters. The Morgan fingerprint density at radius 1 is 1.52 bits per heavy atom. The number of halogens is 1. The van der Waals surface area contributed by atoms with Crippen molar-refractivity contribution in [3.63, 3.8) is 0 Å². The van der Waals surface area contributed by atoms with E-state index in [1.54, 1.807) is 6.07 Å². The molecule has 5 heteroatoms. The van der Waals surface area contributed by atoms with Crippen LogP contribution in [0.5, 0.6) is 0 Å². The van der Waals surface area contributed by atoms with Crippen molar-refractivity contribution in [1.82, 2.24) is 10.2 Å². The fourth-order valence-corrected chi connectivity index (χ4v) is 2.47. The number of nitrogens with zero attached hydrogens (tertiary/aromatic N) is 2. The van der Waals surface area contributed by atoms with Gasteiger partial charge in [0.2, 0.25) is 0 Å². The van der Waals surface area contributed by atoms with E-state index in [-0.39, 0.29) is 5.82 Å². The van der Waals surface area contributed by atoms with Gasteiger partial charge in [-0.1, -0.05) is 12.1 Å². The first-order valence-corrected chi connectivity index (χ1v) is 7.50. The minimum Gasteiger partial charge on any atom is -0.381 e. The highest BCUT2D eigenvalue weighted by Gasteiger charge is 2.18. The standard InChI is InChI=1S/C16H24FN3O/c1-3-18-16(20(2)11-14-7-8-21-12-14)19-10-13-5-4-6-15(17)9-13/h4-6,9,14H,3,7-8,10-12H2,1-2H3,(H,18,19). The lowest BCUT2D eigenvalue weighted by Crippen LogP contribution is -2.41. The Bertz CT molecular complexity index is 472. The van der Waals surface area contributed by atoms with Gasteiger partial charge in [0.1, 0.15) is 5.82 Å². The number of aliphatic imine (C=N–C) groups is 1. The van der Waals surface area contributed by atoms with Gasteiger partial charge < -0.3 is 15.0 Å². The van der Waals surface area contributed by atoms with Crippen LogP contribution in [0.1, 0.15) is 18.9 Å². The first kappa shape index (κ1) is 15.8. The molecule has 21 heavy (non-hydrogen) atoms. The van der Waals surface area contributed by atoms with Crippen LogP contribution in [0.25, 0.3) is 0 Å². The summed E-state index contributed by atoms with van der Waals surface area (Å²) in [6.07, 6.45) is 1.10. The van der Waals surface area contributed by atoms with E-state index in [9.17, 15) is 4.39 Å². The van der Waals surface area contributed by atoms with Crippen LogP contribution in [0, 0.1) is 11.7 Å². The molecule has 1 saturated heterocycles. The predicted octanol–water partition coefficient (Wildman–Crippen LogP) is 2.26. The van der Waals surface area contributed by atoms with Crippen molar-refractivity contribution in [2.75, 3.05) is 33.4 Å². The molecule has 0 saturated carbocycles. The zero-order valence-electron chi connectivity index (χ0n) is 12.8. The van der Waals surface area contributed by atoms with Gasteiger partial charge >= 0.3 is 0 Å². The number of benzene rings is 1. The third-order valence-corrected chi connectivity index (χ3v) is 3.55. The number of nitrogens with one attached hydrogen (secondary N) is 1. The second kappa shape index (κ2) is 7.98. The van der Waals surface area contributed by atoms with Crippen molar-refractivity contribution in [2.45, 2.75) is 19.9 Å². The van der Waals surface area contributed by atoms with Crippen LogP contribution < -0.4 is 5.32 Å². The number of hydrogen-bond donors (Lipinski definition) is 1. The van der Waals surface area contributed by atoms with Crippen LogP contribution >= 0.6 is 0 Å². The van der Waals surface area contributed by atoms with Gasteiger partial charge in [-0.2, -0.15) is 0 Å². The fraction of sp³-hybridized carbons (Fsp3) is 0.562. The molecule has 2 rings (SSSR count). The fourth-order valence-electron chi connectivity index (χ4n) is 2.47. The lowest BCUT2D eigenvalue weighted by atomic mass is 10.1. The van der Waals surface area contributed by atoms with Crippen molar-refractivity contribution in [1.29, 1.82) is 0 Å². The summed E-state index contributed by atoms with van der Waals surface area (Å²) in [5, 5.41) is 3.28. The summed E-state index contributed by atoms with van der Waals surface area (Å²) in [6.45, 7) is 5.95. The Morgan fingerprint density at radius 3 is 3.05 bits per heavy atom. The first-order valence-electron chi connectivity index (χ1n) is 7.50. The van der Waals surface area contributed by atoms with Crippen LogP contribution in [0.4, 0.5) is 4.39 Å². The molecule has 0 spiro atoms. The summed E-state index contributed by atoms with van der Waals surface area (Å²) in [5.41, 5.74) is 0.878. The Labute approximate surface area is 126 Å². The largest absolute Gasteiger partial charge is 0.381 e. The molecule has 1 N–H and O–H groups in total. The van der Waals surface area contributed by atoms with Crippen molar-refractivity contribution < 1.29 is 9.13 Å².